The minimum Gasteiger partial charge on any atom is -0.491 e. The smallest absolute Gasteiger partial charge is 0.220 e. The fourth-order valence-electron chi connectivity index (χ4n) is 2.83. The lowest BCUT2D eigenvalue weighted by molar-refractivity contribution is -0.121. The minimum atomic E-state index is -0.383. The Kier molecular flexibility index (Phi) is 8.78. The van der Waals surface area contributed by atoms with Gasteiger partial charge in [0.05, 0.1) is 6.61 Å². The summed E-state index contributed by atoms with van der Waals surface area (Å²) >= 11 is 0. The van der Waals surface area contributed by atoms with Crippen molar-refractivity contribution in [2.45, 2.75) is 39.8 Å². The van der Waals surface area contributed by atoms with E-state index in [2.05, 4.69) is 36.2 Å². The van der Waals surface area contributed by atoms with Gasteiger partial charge in [-0.25, -0.2) is 4.39 Å². The van der Waals surface area contributed by atoms with E-state index in [1.165, 1.54) is 11.6 Å². The number of amides is 1. The van der Waals surface area contributed by atoms with E-state index >= 15 is 0 Å². The van der Waals surface area contributed by atoms with E-state index in [9.17, 15) is 9.18 Å². The molecule has 0 saturated heterocycles. The second-order valence-corrected chi connectivity index (χ2v) is 6.39. The van der Waals surface area contributed by atoms with Crippen LogP contribution in [0.4, 0.5) is 4.39 Å². The zero-order chi connectivity index (χ0) is 19.5. The Hall–Kier alpha value is -2.40. The van der Waals surface area contributed by atoms with Crippen molar-refractivity contribution in [1.29, 1.82) is 0 Å². The van der Waals surface area contributed by atoms with Crippen molar-refractivity contribution >= 4 is 5.91 Å². The Morgan fingerprint density at radius 2 is 1.70 bits per heavy atom. The summed E-state index contributed by atoms with van der Waals surface area (Å²) < 4.78 is 18.8. The first-order chi connectivity index (χ1) is 13.1. The van der Waals surface area contributed by atoms with Gasteiger partial charge in [0.15, 0.2) is 11.6 Å². The number of para-hydroxylation sites is 1. The van der Waals surface area contributed by atoms with Crippen LogP contribution in [0.2, 0.25) is 0 Å². The fourth-order valence-corrected chi connectivity index (χ4v) is 2.83. The first-order valence-electron chi connectivity index (χ1n) is 9.57. The van der Waals surface area contributed by atoms with Crippen molar-refractivity contribution in [2.75, 3.05) is 19.7 Å². The topological polar surface area (TPSA) is 41.6 Å². The maximum atomic E-state index is 13.5. The van der Waals surface area contributed by atoms with Gasteiger partial charge in [-0.3, -0.25) is 9.69 Å². The molecule has 146 valence electrons. The van der Waals surface area contributed by atoms with Gasteiger partial charge in [0, 0.05) is 19.5 Å². The number of benzene rings is 2. The summed E-state index contributed by atoms with van der Waals surface area (Å²) in [6, 6.07) is 14.5. The Morgan fingerprint density at radius 1 is 1.04 bits per heavy atom. The highest BCUT2D eigenvalue weighted by Crippen LogP contribution is 2.15. The summed E-state index contributed by atoms with van der Waals surface area (Å²) in [4.78, 5) is 14.4. The molecule has 1 N–H and O–H groups in total. The zero-order valence-corrected chi connectivity index (χ0v) is 16.2. The molecule has 0 atom stereocenters. The second kappa shape index (κ2) is 11.3. The summed E-state index contributed by atoms with van der Waals surface area (Å²) in [5, 5.41) is 2.97. The van der Waals surface area contributed by atoms with Crippen LogP contribution in [0.25, 0.3) is 0 Å². The van der Waals surface area contributed by atoms with Crippen LogP contribution < -0.4 is 10.1 Å². The van der Waals surface area contributed by atoms with Gasteiger partial charge in [-0.05, 0) is 42.8 Å². The molecule has 0 bridgehead atoms. The first kappa shape index (κ1) is 20.9. The summed E-state index contributed by atoms with van der Waals surface area (Å²) in [7, 11) is 0. The minimum absolute atomic E-state index is 0.0234. The number of hydrogen-bond acceptors (Lipinski definition) is 3. The van der Waals surface area contributed by atoms with Crippen molar-refractivity contribution in [2.24, 2.45) is 0 Å². The molecule has 0 saturated carbocycles. The molecule has 5 heteroatoms. The normalized spacial score (nSPS) is 10.8. The maximum Gasteiger partial charge on any atom is 0.220 e. The standard InChI is InChI=1S/C22H29FN2O2/c1-3-25(4-2)17-19-11-6-5-10-18(19)16-24-22(26)14-9-15-27-21-13-8-7-12-20(21)23/h5-8,10-13H,3-4,9,14-17H2,1-2H3,(H,24,26). The van der Waals surface area contributed by atoms with E-state index < -0.39 is 0 Å². The Labute approximate surface area is 161 Å². The summed E-state index contributed by atoms with van der Waals surface area (Å²) in [6.45, 7) is 8.01. The molecule has 2 rings (SSSR count). The van der Waals surface area contributed by atoms with E-state index in [-0.39, 0.29) is 17.5 Å². The lowest BCUT2D eigenvalue weighted by Gasteiger charge is -2.20. The number of hydrogen-bond donors (Lipinski definition) is 1. The van der Waals surface area contributed by atoms with Crippen molar-refractivity contribution in [3.05, 3.63) is 65.5 Å². The van der Waals surface area contributed by atoms with Gasteiger partial charge in [0.25, 0.3) is 0 Å². The quantitative estimate of drug-likeness (QED) is 0.603. The van der Waals surface area contributed by atoms with E-state index in [0.717, 1.165) is 25.2 Å². The molecule has 0 heterocycles. The third-order valence-corrected chi connectivity index (χ3v) is 4.53. The lowest BCUT2D eigenvalue weighted by atomic mass is 10.1. The van der Waals surface area contributed by atoms with Gasteiger partial charge >= 0.3 is 0 Å². The molecule has 0 aliphatic heterocycles. The van der Waals surface area contributed by atoms with Crippen molar-refractivity contribution in [3.8, 4) is 5.75 Å². The predicted molar refractivity (Wildman–Crippen MR) is 106 cm³/mol. The van der Waals surface area contributed by atoms with Crippen LogP contribution in [0.5, 0.6) is 5.75 Å². The molecular formula is C22H29FN2O2. The molecule has 0 aliphatic carbocycles. The third-order valence-electron chi connectivity index (χ3n) is 4.53. The highest BCUT2D eigenvalue weighted by Gasteiger charge is 2.08. The van der Waals surface area contributed by atoms with Gasteiger partial charge in [0.1, 0.15) is 0 Å². The van der Waals surface area contributed by atoms with Crippen LogP contribution >= 0.6 is 0 Å². The summed E-state index contributed by atoms with van der Waals surface area (Å²) in [5.74, 6) is -0.181. The second-order valence-electron chi connectivity index (χ2n) is 6.39. The van der Waals surface area contributed by atoms with Crippen molar-refractivity contribution in [1.82, 2.24) is 10.2 Å². The largest absolute Gasteiger partial charge is 0.491 e. The van der Waals surface area contributed by atoms with Crippen LogP contribution in [0.15, 0.2) is 48.5 Å². The number of carbonyl (C=O) groups is 1. The molecule has 2 aromatic rings. The third kappa shape index (κ3) is 7.02. The number of carbonyl (C=O) groups excluding carboxylic acids is 1. The Bertz CT molecular complexity index is 717. The molecule has 0 aliphatic rings. The van der Waals surface area contributed by atoms with Crippen LogP contribution in [-0.4, -0.2) is 30.5 Å². The van der Waals surface area contributed by atoms with Gasteiger partial charge in [-0.15, -0.1) is 0 Å². The van der Waals surface area contributed by atoms with Crippen LogP contribution in [0.3, 0.4) is 0 Å². The zero-order valence-electron chi connectivity index (χ0n) is 16.2. The number of ether oxygens (including phenoxy) is 1. The Balaban J connectivity index is 1.75. The van der Waals surface area contributed by atoms with Crippen LogP contribution in [-0.2, 0) is 17.9 Å². The SMILES string of the molecule is CCN(CC)Cc1ccccc1CNC(=O)CCCOc1ccccc1F. The number of rotatable bonds is 11. The molecule has 0 aromatic heterocycles. The Morgan fingerprint density at radius 3 is 2.41 bits per heavy atom. The number of nitrogens with one attached hydrogen (secondary N) is 1. The van der Waals surface area contributed by atoms with Gasteiger partial charge < -0.3 is 10.1 Å². The van der Waals surface area contributed by atoms with E-state index in [4.69, 9.17) is 4.74 Å². The monoisotopic (exact) mass is 372 g/mol. The fraction of sp³-hybridized carbons (Fsp3) is 0.409. The molecule has 0 fully saturated rings. The molecular weight excluding hydrogens is 343 g/mol. The molecule has 0 unspecified atom stereocenters. The maximum absolute atomic E-state index is 13.5. The van der Waals surface area contributed by atoms with Gasteiger partial charge in [-0.2, -0.15) is 0 Å². The van der Waals surface area contributed by atoms with Gasteiger partial charge in [0.2, 0.25) is 5.91 Å². The van der Waals surface area contributed by atoms with E-state index in [0.29, 0.717) is 26.0 Å². The molecule has 1 amide bonds. The average Bonchev–Trinajstić information content (AvgIpc) is 2.69. The molecule has 27 heavy (non-hydrogen) atoms. The lowest BCUT2D eigenvalue weighted by Crippen LogP contribution is -2.26. The molecule has 0 radical (unpaired) electrons. The summed E-state index contributed by atoms with van der Waals surface area (Å²) in [6.07, 6.45) is 0.897. The van der Waals surface area contributed by atoms with Crippen LogP contribution in [0, 0.1) is 5.82 Å². The number of nitrogens with zero attached hydrogens (tertiary/aromatic N) is 1. The van der Waals surface area contributed by atoms with Crippen LogP contribution in [0.1, 0.15) is 37.8 Å². The van der Waals surface area contributed by atoms with E-state index in [1.54, 1.807) is 18.2 Å². The average molecular weight is 372 g/mol. The number of halogens is 1. The first-order valence-corrected chi connectivity index (χ1v) is 9.57. The van der Waals surface area contributed by atoms with Crippen molar-refractivity contribution < 1.29 is 13.9 Å². The molecule has 0 spiro atoms. The molecule has 4 nitrogen and oxygen atoms in total. The highest BCUT2D eigenvalue weighted by atomic mass is 19.1. The van der Waals surface area contributed by atoms with Gasteiger partial charge in [-0.1, -0.05) is 50.2 Å². The highest BCUT2D eigenvalue weighted by molar-refractivity contribution is 5.75. The predicted octanol–water partition coefficient (Wildman–Crippen LogP) is 4.14. The van der Waals surface area contributed by atoms with Crippen molar-refractivity contribution in [3.63, 3.8) is 0 Å². The van der Waals surface area contributed by atoms with E-state index in [1.807, 2.05) is 12.1 Å². The summed E-state index contributed by atoms with van der Waals surface area (Å²) in [5.41, 5.74) is 2.38. The molecule has 2 aromatic carbocycles.